The predicted octanol–water partition coefficient (Wildman–Crippen LogP) is 3.40. The topological polar surface area (TPSA) is 73.6 Å². The maximum atomic E-state index is 12.5. The maximum absolute atomic E-state index is 12.5. The Hall–Kier alpha value is -3.06. The van der Waals surface area contributed by atoms with Gasteiger partial charge in [0.1, 0.15) is 5.69 Å². The molecule has 0 atom stereocenters. The highest BCUT2D eigenvalue weighted by molar-refractivity contribution is 7.99. The first-order valence-electron chi connectivity index (χ1n) is 8.03. The molecular formula is C19H15N5OS. The normalized spacial score (nSPS) is 11.0. The van der Waals surface area contributed by atoms with Crippen molar-refractivity contribution in [2.75, 3.05) is 5.75 Å². The van der Waals surface area contributed by atoms with Crippen LogP contribution in [0.15, 0.2) is 66.2 Å². The molecule has 128 valence electrons. The monoisotopic (exact) mass is 361 g/mol. The zero-order valence-corrected chi connectivity index (χ0v) is 14.8. The van der Waals surface area contributed by atoms with Gasteiger partial charge in [0.15, 0.2) is 16.8 Å². The number of hydrogen-bond acceptors (Lipinski definition) is 6. The van der Waals surface area contributed by atoms with Gasteiger partial charge in [-0.3, -0.25) is 9.78 Å². The van der Waals surface area contributed by atoms with Crippen LogP contribution in [-0.4, -0.2) is 36.3 Å². The Kier molecular flexibility index (Phi) is 4.45. The van der Waals surface area contributed by atoms with E-state index in [2.05, 4.69) is 20.2 Å². The summed E-state index contributed by atoms with van der Waals surface area (Å²) in [6, 6.07) is 13.8. The van der Waals surface area contributed by atoms with Crippen LogP contribution < -0.4 is 0 Å². The molecule has 2 aromatic carbocycles. The molecule has 26 heavy (non-hydrogen) atoms. The fourth-order valence-corrected chi connectivity index (χ4v) is 3.46. The van der Waals surface area contributed by atoms with Gasteiger partial charge in [0, 0.05) is 25.0 Å². The molecule has 0 amide bonds. The highest BCUT2D eigenvalue weighted by Gasteiger charge is 2.14. The van der Waals surface area contributed by atoms with Gasteiger partial charge in [0.05, 0.1) is 11.9 Å². The van der Waals surface area contributed by atoms with Crippen LogP contribution in [0.25, 0.3) is 22.3 Å². The van der Waals surface area contributed by atoms with Gasteiger partial charge in [0.25, 0.3) is 0 Å². The summed E-state index contributed by atoms with van der Waals surface area (Å²) in [5.41, 5.74) is 1.35. The average Bonchev–Trinajstić information content (AvgIpc) is 3.07. The SMILES string of the molecule is Cn1c(SCC(=O)c2ccc3ccccc3c2)nnc1-c1cnccn1. The Balaban J connectivity index is 1.50. The number of benzene rings is 2. The summed E-state index contributed by atoms with van der Waals surface area (Å²) in [4.78, 5) is 20.8. The molecule has 2 aromatic heterocycles. The van der Waals surface area contributed by atoms with Gasteiger partial charge in [-0.2, -0.15) is 0 Å². The van der Waals surface area contributed by atoms with Gasteiger partial charge in [0.2, 0.25) is 0 Å². The van der Waals surface area contributed by atoms with E-state index >= 15 is 0 Å². The fourth-order valence-electron chi connectivity index (χ4n) is 2.65. The molecule has 4 rings (SSSR count). The van der Waals surface area contributed by atoms with E-state index < -0.39 is 0 Å². The number of carbonyl (C=O) groups excluding carboxylic acids is 1. The largest absolute Gasteiger partial charge is 0.304 e. The minimum atomic E-state index is 0.0600. The summed E-state index contributed by atoms with van der Waals surface area (Å²) in [6.45, 7) is 0. The van der Waals surface area contributed by atoms with Gasteiger partial charge in [-0.05, 0) is 16.8 Å². The highest BCUT2D eigenvalue weighted by Crippen LogP contribution is 2.22. The van der Waals surface area contributed by atoms with Crippen LogP contribution in [-0.2, 0) is 7.05 Å². The molecule has 0 radical (unpaired) electrons. The van der Waals surface area contributed by atoms with E-state index in [1.54, 1.807) is 18.6 Å². The Morgan fingerprint density at radius 2 is 1.92 bits per heavy atom. The lowest BCUT2D eigenvalue weighted by Crippen LogP contribution is -2.04. The van der Waals surface area contributed by atoms with Crippen LogP contribution in [0.5, 0.6) is 0 Å². The third kappa shape index (κ3) is 3.21. The van der Waals surface area contributed by atoms with Crippen LogP contribution in [0.4, 0.5) is 0 Å². The Morgan fingerprint density at radius 1 is 1.08 bits per heavy atom. The number of aromatic nitrogens is 5. The third-order valence-corrected chi connectivity index (χ3v) is 5.05. The molecule has 0 spiro atoms. The molecule has 0 unspecified atom stereocenters. The van der Waals surface area contributed by atoms with E-state index in [9.17, 15) is 4.79 Å². The van der Waals surface area contributed by atoms with Gasteiger partial charge < -0.3 is 4.57 Å². The summed E-state index contributed by atoms with van der Waals surface area (Å²) in [7, 11) is 1.85. The van der Waals surface area contributed by atoms with Crippen molar-refractivity contribution in [3.8, 4) is 11.5 Å². The molecule has 0 aliphatic carbocycles. The zero-order valence-electron chi connectivity index (χ0n) is 14.0. The number of fused-ring (bicyclic) bond motifs is 1. The summed E-state index contributed by atoms with van der Waals surface area (Å²) in [5.74, 6) is 0.980. The van der Waals surface area contributed by atoms with Gasteiger partial charge in [-0.15, -0.1) is 10.2 Å². The Bertz CT molecular complexity index is 1080. The number of rotatable bonds is 5. The second-order valence-electron chi connectivity index (χ2n) is 5.73. The van der Waals surface area contributed by atoms with Crippen molar-refractivity contribution in [2.45, 2.75) is 5.16 Å². The second kappa shape index (κ2) is 7.05. The summed E-state index contributed by atoms with van der Waals surface area (Å²) in [5, 5.41) is 11.2. The van der Waals surface area contributed by atoms with Crippen molar-refractivity contribution in [3.63, 3.8) is 0 Å². The Labute approximate surface area is 154 Å². The van der Waals surface area contributed by atoms with Crippen molar-refractivity contribution >= 4 is 28.3 Å². The zero-order chi connectivity index (χ0) is 17.9. The number of ketones is 1. The molecule has 0 bridgehead atoms. The molecule has 0 aliphatic rings. The second-order valence-corrected chi connectivity index (χ2v) is 6.67. The first-order chi connectivity index (χ1) is 12.7. The van der Waals surface area contributed by atoms with Gasteiger partial charge in [-0.25, -0.2) is 4.98 Å². The molecule has 0 aliphatic heterocycles. The van der Waals surface area contributed by atoms with Crippen LogP contribution in [0.3, 0.4) is 0 Å². The van der Waals surface area contributed by atoms with Crippen LogP contribution in [0.2, 0.25) is 0 Å². The number of hydrogen-bond donors (Lipinski definition) is 0. The summed E-state index contributed by atoms with van der Waals surface area (Å²) < 4.78 is 1.82. The molecular weight excluding hydrogens is 346 g/mol. The van der Waals surface area contributed by atoms with E-state index in [4.69, 9.17) is 0 Å². The molecule has 0 saturated heterocycles. The van der Waals surface area contributed by atoms with Crippen LogP contribution in [0.1, 0.15) is 10.4 Å². The molecule has 6 nitrogen and oxygen atoms in total. The van der Waals surface area contributed by atoms with Crippen LogP contribution in [0, 0.1) is 0 Å². The van der Waals surface area contributed by atoms with Gasteiger partial charge >= 0.3 is 0 Å². The van der Waals surface area contributed by atoms with Crippen LogP contribution >= 0.6 is 11.8 Å². The molecule has 0 N–H and O–H groups in total. The summed E-state index contributed by atoms with van der Waals surface area (Å²) >= 11 is 1.36. The smallest absolute Gasteiger partial charge is 0.191 e. The molecule has 0 saturated carbocycles. The fraction of sp³-hybridized carbons (Fsp3) is 0.105. The van der Waals surface area contributed by atoms with Crippen molar-refractivity contribution < 1.29 is 4.79 Å². The van der Waals surface area contributed by atoms with E-state index in [1.165, 1.54) is 11.8 Å². The molecule has 0 fully saturated rings. The van der Waals surface area contributed by atoms with E-state index in [0.717, 1.165) is 10.8 Å². The van der Waals surface area contributed by atoms with E-state index in [1.807, 2.05) is 54.1 Å². The lowest BCUT2D eigenvalue weighted by molar-refractivity contribution is 0.102. The third-order valence-electron chi connectivity index (χ3n) is 4.03. The van der Waals surface area contributed by atoms with Crippen molar-refractivity contribution in [1.29, 1.82) is 0 Å². The van der Waals surface area contributed by atoms with Crippen molar-refractivity contribution in [2.24, 2.45) is 7.05 Å². The van der Waals surface area contributed by atoms with Gasteiger partial charge in [-0.1, -0.05) is 48.2 Å². The number of carbonyl (C=O) groups is 1. The van der Waals surface area contributed by atoms with Crippen molar-refractivity contribution in [1.82, 2.24) is 24.7 Å². The maximum Gasteiger partial charge on any atom is 0.191 e. The minimum absolute atomic E-state index is 0.0600. The number of Topliss-reactive ketones (excluding diaryl/α,β-unsaturated/α-hetero) is 1. The summed E-state index contributed by atoms with van der Waals surface area (Å²) in [6.07, 6.45) is 4.86. The molecule has 4 aromatic rings. The standard InChI is InChI=1S/C19H15N5OS/c1-24-18(16-11-20-8-9-21-16)22-23-19(24)26-12-17(25)15-7-6-13-4-2-3-5-14(13)10-15/h2-11H,12H2,1H3. The Morgan fingerprint density at radius 3 is 2.73 bits per heavy atom. The van der Waals surface area contributed by atoms with E-state index in [-0.39, 0.29) is 5.78 Å². The highest BCUT2D eigenvalue weighted by atomic mass is 32.2. The lowest BCUT2D eigenvalue weighted by Gasteiger charge is -2.04. The lowest BCUT2D eigenvalue weighted by atomic mass is 10.1. The predicted molar refractivity (Wildman–Crippen MR) is 101 cm³/mol. The minimum Gasteiger partial charge on any atom is -0.304 e. The van der Waals surface area contributed by atoms with E-state index in [0.29, 0.717) is 28.0 Å². The quantitative estimate of drug-likeness (QED) is 0.401. The first-order valence-corrected chi connectivity index (χ1v) is 9.01. The molecule has 7 heteroatoms. The molecule has 2 heterocycles. The average molecular weight is 361 g/mol. The number of nitrogens with zero attached hydrogens (tertiary/aromatic N) is 5. The number of thioether (sulfide) groups is 1. The van der Waals surface area contributed by atoms with Crippen molar-refractivity contribution in [3.05, 3.63) is 66.6 Å². The first kappa shape index (κ1) is 16.4.